The van der Waals surface area contributed by atoms with Gasteiger partial charge in [0, 0.05) is 4.88 Å². The molecule has 2 aromatic heterocycles. The average molecular weight is 284 g/mol. The number of fused-ring (bicyclic) bond motifs is 1. The van der Waals surface area contributed by atoms with Crippen LogP contribution in [0.1, 0.15) is 30.1 Å². The lowest BCUT2D eigenvalue weighted by Gasteiger charge is -2.16. The Bertz CT molecular complexity index is 561. The van der Waals surface area contributed by atoms with Crippen molar-refractivity contribution in [1.29, 1.82) is 0 Å². The highest BCUT2D eigenvalue weighted by atomic mass is 35.5. The summed E-state index contributed by atoms with van der Waals surface area (Å²) in [4.78, 5) is 13.6. The Kier molecular flexibility index (Phi) is 4.20. The molecule has 0 aliphatic rings. The lowest BCUT2D eigenvalue weighted by atomic mass is 10.2. The van der Waals surface area contributed by atoms with Crippen molar-refractivity contribution in [2.24, 2.45) is 0 Å². The van der Waals surface area contributed by atoms with Crippen LogP contribution in [0.25, 0.3) is 10.2 Å². The Morgan fingerprint density at radius 2 is 1.83 bits per heavy atom. The Balaban J connectivity index is 2.43. The maximum absolute atomic E-state index is 6.29. The SMILES string of the molecule is CCN(CC)Cc1nc(Cl)c2c(C)c(C)sc2n1. The molecular weight excluding hydrogens is 266 g/mol. The molecule has 18 heavy (non-hydrogen) atoms. The molecule has 0 bridgehead atoms. The minimum Gasteiger partial charge on any atom is -0.296 e. The molecule has 0 radical (unpaired) electrons. The normalized spacial score (nSPS) is 11.7. The van der Waals surface area contributed by atoms with E-state index < -0.39 is 0 Å². The summed E-state index contributed by atoms with van der Waals surface area (Å²) in [5.41, 5.74) is 1.20. The molecule has 0 atom stereocenters. The van der Waals surface area contributed by atoms with Gasteiger partial charge in [-0.15, -0.1) is 11.3 Å². The van der Waals surface area contributed by atoms with Crippen LogP contribution in [0.3, 0.4) is 0 Å². The van der Waals surface area contributed by atoms with E-state index in [-0.39, 0.29) is 0 Å². The van der Waals surface area contributed by atoms with E-state index in [1.807, 2.05) is 0 Å². The van der Waals surface area contributed by atoms with Crippen LogP contribution in [0.4, 0.5) is 0 Å². The molecule has 2 rings (SSSR count). The van der Waals surface area contributed by atoms with Crippen LogP contribution in [0.5, 0.6) is 0 Å². The van der Waals surface area contributed by atoms with Crippen molar-refractivity contribution in [2.45, 2.75) is 34.2 Å². The van der Waals surface area contributed by atoms with E-state index in [0.717, 1.165) is 35.7 Å². The molecular formula is C13H18ClN3S. The summed E-state index contributed by atoms with van der Waals surface area (Å²) in [7, 11) is 0. The van der Waals surface area contributed by atoms with Crippen molar-refractivity contribution in [3.05, 3.63) is 21.4 Å². The minimum absolute atomic E-state index is 0.587. The molecule has 0 aromatic carbocycles. The van der Waals surface area contributed by atoms with Gasteiger partial charge in [0.25, 0.3) is 0 Å². The number of rotatable bonds is 4. The highest BCUT2D eigenvalue weighted by Gasteiger charge is 2.14. The lowest BCUT2D eigenvalue weighted by molar-refractivity contribution is 0.288. The van der Waals surface area contributed by atoms with Crippen molar-refractivity contribution in [1.82, 2.24) is 14.9 Å². The third kappa shape index (κ3) is 2.51. The second kappa shape index (κ2) is 5.51. The van der Waals surface area contributed by atoms with Gasteiger partial charge in [-0.1, -0.05) is 25.4 Å². The van der Waals surface area contributed by atoms with Crippen molar-refractivity contribution >= 4 is 33.2 Å². The van der Waals surface area contributed by atoms with Crippen molar-refractivity contribution < 1.29 is 0 Å². The second-order valence-electron chi connectivity index (χ2n) is 4.36. The van der Waals surface area contributed by atoms with Crippen LogP contribution in [0.2, 0.25) is 5.15 Å². The number of hydrogen-bond donors (Lipinski definition) is 0. The fourth-order valence-electron chi connectivity index (χ4n) is 1.96. The predicted octanol–water partition coefficient (Wildman–Crippen LogP) is 3.80. The number of hydrogen-bond acceptors (Lipinski definition) is 4. The van der Waals surface area contributed by atoms with Gasteiger partial charge in [-0.05, 0) is 32.5 Å². The monoisotopic (exact) mass is 283 g/mol. The summed E-state index contributed by atoms with van der Waals surface area (Å²) in [6.07, 6.45) is 0. The van der Waals surface area contributed by atoms with Crippen LogP contribution in [-0.2, 0) is 6.54 Å². The topological polar surface area (TPSA) is 29.0 Å². The molecule has 0 N–H and O–H groups in total. The summed E-state index contributed by atoms with van der Waals surface area (Å²) in [5.74, 6) is 0.817. The molecule has 0 unspecified atom stereocenters. The molecule has 3 nitrogen and oxygen atoms in total. The number of aryl methyl sites for hydroxylation is 2. The van der Waals surface area contributed by atoms with E-state index in [1.54, 1.807) is 11.3 Å². The maximum Gasteiger partial charge on any atom is 0.145 e. The van der Waals surface area contributed by atoms with E-state index in [0.29, 0.717) is 5.15 Å². The van der Waals surface area contributed by atoms with Crippen LogP contribution >= 0.6 is 22.9 Å². The fraction of sp³-hybridized carbons (Fsp3) is 0.538. The molecule has 0 aliphatic carbocycles. The average Bonchev–Trinajstić information content (AvgIpc) is 2.62. The summed E-state index contributed by atoms with van der Waals surface area (Å²) >= 11 is 7.98. The van der Waals surface area contributed by atoms with Gasteiger partial charge in [0.2, 0.25) is 0 Å². The van der Waals surface area contributed by atoms with Crippen molar-refractivity contribution in [3.8, 4) is 0 Å². The summed E-state index contributed by atoms with van der Waals surface area (Å²) in [5, 5.41) is 1.60. The highest BCUT2D eigenvalue weighted by Crippen LogP contribution is 2.32. The standard InChI is InChI=1S/C13H18ClN3S/c1-5-17(6-2)7-10-15-12(14)11-8(3)9(4)18-13(11)16-10/h5-7H2,1-4H3. The van der Waals surface area contributed by atoms with E-state index in [2.05, 4.69) is 42.6 Å². The molecule has 0 aliphatic heterocycles. The molecule has 0 fully saturated rings. The zero-order valence-electron chi connectivity index (χ0n) is 11.2. The van der Waals surface area contributed by atoms with Crippen molar-refractivity contribution in [3.63, 3.8) is 0 Å². The van der Waals surface area contributed by atoms with Gasteiger partial charge in [0.05, 0.1) is 11.9 Å². The van der Waals surface area contributed by atoms with Gasteiger partial charge in [-0.3, -0.25) is 4.90 Å². The second-order valence-corrected chi connectivity index (χ2v) is 5.92. The predicted molar refractivity (Wildman–Crippen MR) is 78.5 cm³/mol. The highest BCUT2D eigenvalue weighted by molar-refractivity contribution is 7.18. The van der Waals surface area contributed by atoms with Gasteiger partial charge in [0.15, 0.2) is 0 Å². The number of nitrogens with zero attached hydrogens (tertiary/aromatic N) is 3. The quantitative estimate of drug-likeness (QED) is 0.799. The zero-order valence-corrected chi connectivity index (χ0v) is 12.8. The molecule has 0 saturated heterocycles. The molecule has 2 aromatic rings. The first-order valence-corrected chi connectivity index (χ1v) is 7.40. The van der Waals surface area contributed by atoms with E-state index >= 15 is 0 Å². The van der Waals surface area contributed by atoms with Gasteiger partial charge in [-0.25, -0.2) is 9.97 Å². The van der Waals surface area contributed by atoms with Gasteiger partial charge < -0.3 is 0 Å². The van der Waals surface area contributed by atoms with E-state index in [4.69, 9.17) is 11.6 Å². The first kappa shape index (κ1) is 13.7. The van der Waals surface area contributed by atoms with Crippen LogP contribution in [-0.4, -0.2) is 28.0 Å². The van der Waals surface area contributed by atoms with E-state index in [9.17, 15) is 0 Å². The molecule has 5 heteroatoms. The molecule has 0 saturated carbocycles. The maximum atomic E-state index is 6.29. The van der Waals surface area contributed by atoms with Gasteiger partial charge in [0.1, 0.15) is 15.8 Å². The summed E-state index contributed by atoms with van der Waals surface area (Å²) in [6.45, 7) is 11.2. The lowest BCUT2D eigenvalue weighted by Crippen LogP contribution is -2.23. The summed E-state index contributed by atoms with van der Waals surface area (Å²) in [6, 6.07) is 0. The zero-order chi connectivity index (χ0) is 13.3. The summed E-state index contributed by atoms with van der Waals surface area (Å²) < 4.78 is 0. The molecule has 0 spiro atoms. The number of halogens is 1. The van der Waals surface area contributed by atoms with Gasteiger partial charge in [-0.2, -0.15) is 0 Å². The van der Waals surface area contributed by atoms with Crippen LogP contribution in [0.15, 0.2) is 0 Å². The first-order chi connectivity index (χ1) is 8.56. The molecule has 2 heterocycles. The van der Waals surface area contributed by atoms with Gasteiger partial charge >= 0.3 is 0 Å². The molecule has 98 valence electrons. The largest absolute Gasteiger partial charge is 0.296 e. The third-order valence-corrected chi connectivity index (χ3v) is 4.66. The Morgan fingerprint density at radius 1 is 1.17 bits per heavy atom. The Labute approximate surface area is 117 Å². The first-order valence-electron chi connectivity index (χ1n) is 6.21. The van der Waals surface area contributed by atoms with E-state index in [1.165, 1.54) is 10.4 Å². The minimum atomic E-state index is 0.587. The smallest absolute Gasteiger partial charge is 0.145 e. The van der Waals surface area contributed by atoms with Crippen LogP contribution < -0.4 is 0 Å². The number of aromatic nitrogens is 2. The molecule has 0 amide bonds. The Morgan fingerprint density at radius 3 is 2.44 bits per heavy atom. The van der Waals surface area contributed by atoms with Crippen molar-refractivity contribution in [2.75, 3.05) is 13.1 Å². The fourth-order valence-corrected chi connectivity index (χ4v) is 3.39. The number of thiophene rings is 1. The Hall–Kier alpha value is -0.710. The van der Waals surface area contributed by atoms with Crippen LogP contribution in [0, 0.1) is 13.8 Å². The third-order valence-electron chi connectivity index (χ3n) is 3.29.